The van der Waals surface area contributed by atoms with Crippen LogP contribution in [-0.4, -0.2) is 32.2 Å². The number of anilines is 1. The number of nitrogens with one attached hydrogen (secondary N) is 2. The molecule has 6 rings (SSSR count). The minimum atomic E-state index is -0.0788. The second kappa shape index (κ2) is 8.55. The Hall–Kier alpha value is -4.18. The van der Waals surface area contributed by atoms with E-state index in [-0.39, 0.29) is 18.0 Å². The molecule has 1 saturated carbocycles. The van der Waals surface area contributed by atoms with E-state index in [2.05, 4.69) is 44.8 Å². The van der Waals surface area contributed by atoms with Crippen molar-refractivity contribution in [3.05, 3.63) is 77.6 Å². The van der Waals surface area contributed by atoms with Crippen LogP contribution in [0.3, 0.4) is 0 Å². The molecule has 0 bridgehead atoms. The standard InChI is InChI=1S/C28H26N6O/c1-17-11-20(8-10-30-17)27-23-14-21-16-34(28(35)31-24(21)15-25(23)32-33-27)26-13-18(7-9-29)12-22(26)19-5-3-2-4-6-19/h2-6,8,10-11,14-15,18,22,26H,7,12-13,16H2,1H3,(H,31,35)(H,32,33)/t18?,22-,26+/m0/s1. The van der Waals surface area contributed by atoms with Crippen LogP contribution in [0.15, 0.2) is 60.8 Å². The number of carbonyl (C=O) groups excluding carboxylic acids is 1. The zero-order valence-corrected chi connectivity index (χ0v) is 19.5. The number of nitrogens with zero attached hydrogens (tertiary/aromatic N) is 4. The number of pyridine rings is 1. The van der Waals surface area contributed by atoms with E-state index in [0.717, 1.165) is 51.9 Å². The summed E-state index contributed by atoms with van der Waals surface area (Å²) in [4.78, 5) is 19.6. The summed E-state index contributed by atoms with van der Waals surface area (Å²) in [6.07, 6.45) is 4.08. The highest BCUT2D eigenvalue weighted by Crippen LogP contribution is 2.44. The topological polar surface area (TPSA) is 97.7 Å². The van der Waals surface area contributed by atoms with E-state index in [4.69, 9.17) is 0 Å². The average molecular weight is 463 g/mol. The molecule has 2 N–H and O–H groups in total. The van der Waals surface area contributed by atoms with Gasteiger partial charge >= 0.3 is 6.03 Å². The molecule has 2 aromatic carbocycles. The second-order valence-electron chi connectivity index (χ2n) is 9.66. The minimum absolute atomic E-state index is 0.0475. The van der Waals surface area contributed by atoms with Crippen LogP contribution < -0.4 is 5.32 Å². The smallest absolute Gasteiger partial charge is 0.317 e. The zero-order valence-electron chi connectivity index (χ0n) is 19.5. The molecule has 2 amide bonds. The third-order valence-corrected chi connectivity index (χ3v) is 7.43. The second-order valence-corrected chi connectivity index (χ2v) is 9.66. The first-order chi connectivity index (χ1) is 17.1. The molecule has 3 atom stereocenters. The maximum absolute atomic E-state index is 13.3. The fourth-order valence-electron chi connectivity index (χ4n) is 5.80. The van der Waals surface area contributed by atoms with Gasteiger partial charge in [-0.3, -0.25) is 10.1 Å². The first kappa shape index (κ1) is 21.4. The van der Waals surface area contributed by atoms with E-state index in [1.165, 1.54) is 5.56 Å². The fourth-order valence-corrected chi connectivity index (χ4v) is 5.80. The third-order valence-electron chi connectivity index (χ3n) is 7.43. The minimum Gasteiger partial charge on any atom is -0.317 e. The van der Waals surface area contributed by atoms with Crippen molar-refractivity contribution in [2.45, 2.75) is 44.7 Å². The summed E-state index contributed by atoms with van der Waals surface area (Å²) in [5, 5.41) is 21.2. The Bertz CT molecular complexity index is 1450. The van der Waals surface area contributed by atoms with Crippen molar-refractivity contribution >= 4 is 22.6 Å². The van der Waals surface area contributed by atoms with Crippen molar-refractivity contribution in [1.29, 1.82) is 5.26 Å². The van der Waals surface area contributed by atoms with E-state index < -0.39 is 0 Å². The summed E-state index contributed by atoms with van der Waals surface area (Å²) >= 11 is 0. The number of hydrogen-bond donors (Lipinski definition) is 2. The molecule has 0 spiro atoms. The number of nitriles is 1. The van der Waals surface area contributed by atoms with Gasteiger partial charge in [0, 0.05) is 53.5 Å². The molecule has 174 valence electrons. The Morgan fingerprint density at radius 3 is 2.80 bits per heavy atom. The zero-order chi connectivity index (χ0) is 23.9. The van der Waals surface area contributed by atoms with Crippen molar-refractivity contribution in [2.24, 2.45) is 5.92 Å². The van der Waals surface area contributed by atoms with Crippen LogP contribution in [0.25, 0.3) is 22.2 Å². The summed E-state index contributed by atoms with van der Waals surface area (Å²) < 4.78 is 0. The molecule has 0 radical (unpaired) electrons. The lowest BCUT2D eigenvalue weighted by molar-refractivity contribution is 0.174. The van der Waals surface area contributed by atoms with E-state index in [9.17, 15) is 10.1 Å². The molecule has 1 unspecified atom stereocenters. The molecular weight excluding hydrogens is 436 g/mol. The summed E-state index contributed by atoms with van der Waals surface area (Å²) in [6, 6.07) is 20.8. The molecule has 4 aromatic rings. The molecule has 2 aliphatic rings. The number of benzene rings is 2. The monoisotopic (exact) mass is 462 g/mol. The number of amides is 2. The van der Waals surface area contributed by atoms with E-state index in [1.807, 2.05) is 48.2 Å². The van der Waals surface area contributed by atoms with Gasteiger partial charge in [0.25, 0.3) is 0 Å². The average Bonchev–Trinajstić information content (AvgIpc) is 3.47. The number of fused-ring (bicyclic) bond motifs is 2. The van der Waals surface area contributed by atoms with Crippen molar-refractivity contribution in [3.63, 3.8) is 0 Å². The first-order valence-electron chi connectivity index (χ1n) is 12.0. The Kier molecular flexibility index (Phi) is 5.22. The predicted molar refractivity (Wildman–Crippen MR) is 135 cm³/mol. The lowest BCUT2D eigenvalue weighted by Gasteiger charge is -2.37. The van der Waals surface area contributed by atoms with Gasteiger partial charge in [0.15, 0.2) is 0 Å². The van der Waals surface area contributed by atoms with Crippen LogP contribution in [-0.2, 0) is 6.54 Å². The Labute approximate surface area is 203 Å². The van der Waals surface area contributed by atoms with Gasteiger partial charge in [0.2, 0.25) is 0 Å². The van der Waals surface area contributed by atoms with Crippen molar-refractivity contribution in [1.82, 2.24) is 20.1 Å². The summed E-state index contributed by atoms with van der Waals surface area (Å²) in [5.41, 5.74) is 6.85. The van der Waals surface area contributed by atoms with Gasteiger partial charge < -0.3 is 10.2 Å². The highest BCUT2D eigenvalue weighted by molar-refractivity contribution is 6.00. The van der Waals surface area contributed by atoms with Gasteiger partial charge in [-0.05, 0) is 61.1 Å². The van der Waals surface area contributed by atoms with Gasteiger partial charge in [0.05, 0.1) is 11.6 Å². The van der Waals surface area contributed by atoms with Gasteiger partial charge in [0.1, 0.15) is 5.69 Å². The molecule has 2 aromatic heterocycles. The van der Waals surface area contributed by atoms with Crippen LogP contribution in [0.2, 0.25) is 0 Å². The normalized spacial score (nSPS) is 21.5. The van der Waals surface area contributed by atoms with Crippen LogP contribution in [0.4, 0.5) is 10.5 Å². The lowest BCUT2D eigenvalue weighted by atomic mass is 9.92. The summed E-state index contributed by atoms with van der Waals surface area (Å²) in [6.45, 7) is 2.50. The number of H-pyrrole nitrogens is 1. The summed E-state index contributed by atoms with van der Waals surface area (Å²) in [7, 11) is 0. The number of aromatic nitrogens is 3. The van der Waals surface area contributed by atoms with Gasteiger partial charge in [-0.15, -0.1) is 0 Å². The van der Waals surface area contributed by atoms with Crippen LogP contribution >= 0.6 is 0 Å². The highest BCUT2D eigenvalue weighted by Gasteiger charge is 2.41. The molecule has 0 saturated heterocycles. The Morgan fingerprint density at radius 1 is 1.14 bits per heavy atom. The number of aromatic amines is 1. The number of hydrogen-bond acceptors (Lipinski definition) is 4. The third kappa shape index (κ3) is 3.81. The van der Waals surface area contributed by atoms with Gasteiger partial charge in [-0.1, -0.05) is 30.3 Å². The Balaban J connectivity index is 1.36. The first-order valence-corrected chi connectivity index (χ1v) is 12.0. The SMILES string of the molecule is Cc1cc(-c2n[nH]c3cc4c(cc23)CN([C@@H]2CC(CC#N)C[C@H]2c2ccccc2)C(=O)N4)ccn1. The Morgan fingerprint density at radius 2 is 2.00 bits per heavy atom. The quantitative estimate of drug-likeness (QED) is 0.403. The molecule has 35 heavy (non-hydrogen) atoms. The van der Waals surface area contributed by atoms with Gasteiger partial charge in [-0.2, -0.15) is 10.4 Å². The van der Waals surface area contributed by atoms with E-state index >= 15 is 0 Å². The van der Waals surface area contributed by atoms with Crippen LogP contribution in [0, 0.1) is 24.2 Å². The lowest BCUT2D eigenvalue weighted by Crippen LogP contribution is -2.46. The number of urea groups is 1. The fraction of sp³-hybridized carbons (Fsp3) is 0.286. The van der Waals surface area contributed by atoms with E-state index in [1.54, 1.807) is 6.20 Å². The van der Waals surface area contributed by atoms with Crippen molar-refractivity contribution < 1.29 is 4.79 Å². The number of carbonyl (C=O) groups is 1. The van der Waals surface area contributed by atoms with Crippen LogP contribution in [0.1, 0.15) is 42.0 Å². The van der Waals surface area contributed by atoms with Gasteiger partial charge in [-0.25, -0.2) is 4.79 Å². The van der Waals surface area contributed by atoms with Crippen molar-refractivity contribution in [2.75, 3.05) is 5.32 Å². The van der Waals surface area contributed by atoms with Crippen LogP contribution in [0.5, 0.6) is 0 Å². The largest absolute Gasteiger partial charge is 0.322 e. The molecule has 7 heteroatoms. The molecule has 1 aliphatic carbocycles. The maximum atomic E-state index is 13.3. The predicted octanol–water partition coefficient (Wildman–Crippen LogP) is 5.76. The van der Waals surface area contributed by atoms with E-state index in [0.29, 0.717) is 18.9 Å². The molecule has 1 aliphatic heterocycles. The summed E-state index contributed by atoms with van der Waals surface area (Å²) in [5.74, 6) is 0.511. The van der Waals surface area contributed by atoms with Crippen molar-refractivity contribution in [3.8, 4) is 17.3 Å². The molecule has 1 fully saturated rings. The molecule has 3 heterocycles. The molecule has 7 nitrogen and oxygen atoms in total. The highest BCUT2D eigenvalue weighted by atomic mass is 16.2. The number of rotatable bonds is 4. The molecular formula is C28H26N6O. The number of aryl methyl sites for hydroxylation is 1. The maximum Gasteiger partial charge on any atom is 0.322 e.